The van der Waals surface area contributed by atoms with E-state index in [2.05, 4.69) is 5.32 Å². The van der Waals surface area contributed by atoms with E-state index in [-0.39, 0.29) is 5.75 Å². The van der Waals surface area contributed by atoms with Gasteiger partial charge in [0.2, 0.25) is 0 Å². The van der Waals surface area contributed by atoms with Crippen LogP contribution in [-0.2, 0) is 6.54 Å². The SMILES string of the molecule is CNCc1cc(F)c(OC2CCCC2O)c(F)c1. The summed E-state index contributed by atoms with van der Waals surface area (Å²) >= 11 is 0. The molecule has 0 radical (unpaired) electrons. The lowest BCUT2D eigenvalue weighted by Crippen LogP contribution is -2.26. The van der Waals surface area contributed by atoms with E-state index in [9.17, 15) is 13.9 Å². The maximum atomic E-state index is 13.7. The van der Waals surface area contributed by atoms with Crippen molar-refractivity contribution >= 4 is 0 Å². The van der Waals surface area contributed by atoms with Crippen LogP contribution in [0.4, 0.5) is 8.78 Å². The average Bonchev–Trinajstić information content (AvgIpc) is 2.70. The van der Waals surface area contributed by atoms with Gasteiger partial charge in [0.25, 0.3) is 0 Å². The molecular weight excluding hydrogens is 240 g/mol. The minimum Gasteiger partial charge on any atom is -0.482 e. The normalized spacial score (nSPS) is 23.3. The van der Waals surface area contributed by atoms with Gasteiger partial charge < -0.3 is 15.2 Å². The van der Waals surface area contributed by atoms with Crippen molar-refractivity contribution in [3.8, 4) is 5.75 Å². The molecule has 0 aromatic heterocycles. The highest BCUT2D eigenvalue weighted by atomic mass is 19.1. The first-order valence-corrected chi connectivity index (χ1v) is 6.09. The standard InChI is InChI=1S/C13H17F2NO2/c1-16-7-8-5-9(14)13(10(15)6-8)18-12-4-2-3-11(12)17/h5-6,11-12,16-17H,2-4,7H2,1H3. The molecule has 18 heavy (non-hydrogen) atoms. The molecule has 1 aromatic rings. The lowest BCUT2D eigenvalue weighted by Gasteiger charge is -2.18. The van der Waals surface area contributed by atoms with E-state index < -0.39 is 23.8 Å². The van der Waals surface area contributed by atoms with Crippen molar-refractivity contribution in [2.45, 2.75) is 38.0 Å². The molecule has 0 spiro atoms. The van der Waals surface area contributed by atoms with Gasteiger partial charge in [-0.2, -0.15) is 0 Å². The van der Waals surface area contributed by atoms with Gasteiger partial charge in [-0.15, -0.1) is 0 Å². The van der Waals surface area contributed by atoms with E-state index in [0.717, 1.165) is 6.42 Å². The molecular formula is C13H17F2NO2. The van der Waals surface area contributed by atoms with Gasteiger partial charge in [0, 0.05) is 6.54 Å². The second kappa shape index (κ2) is 5.63. The Morgan fingerprint density at radius 1 is 1.33 bits per heavy atom. The van der Waals surface area contributed by atoms with Crippen molar-refractivity contribution in [2.24, 2.45) is 0 Å². The Bertz CT molecular complexity index is 402. The number of ether oxygens (including phenoxy) is 1. The largest absolute Gasteiger partial charge is 0.482 e. The zero-order valence-corrected chi connectivity index (χ0v) is 10.2. The molecule has 2 unspecified atom stereocenters. The zero-order valence-electron chi connectivity index (χ0n) is 10.2. The third-order valence-corrected chi connectivity index (χ3v) is 3.13. The summed E-state index contributed by atoms with van der Waals surface area (Å²) in [5.41, 5.74) is 0.520. The zero-order chi connectivity index (χ0) is 13.1. The summed E-state index contributed by atoms with van der Waals surface area (Å²) in [5.74, 6) is -1.83. The molecule has 1 aliphatic carbocycles. The molecule has 100 valence electrons. The van der Waals surface area contributed by atoms with Crippen molar-refractivity contribution in [2.75, 3.05) is 7.05 Å². The number of nitrogens with one attached hydrogen (secondary N) is 1. The van der Waals surface area contributed by atoms with Gasteiger partial charge in [-0.05, 0) is 44.0 Å². The molecule has 0 bridgehead atoms. The quantitative estimate of drug-likeness (QED) is 0.866. The summed E-state index contributed by atoms with van der Waals surface area (Å²) in [6.07, 6.45) is 0.904. The maximum Gasteiger partial charge on any atom is 0.191 e. The molecule has 0 amide bonds. The van der Waals surface area contributed by atoms with Gasteiger partial charge in [-0.25, -0.2) is 8.78 Å². The summed E-state index contributed by atoms with van der Waals surface area (Å²) < 4.78 is 32.7. The van der Waals surface area contributed by atoms with Gasteiger partial charge >= 0.3 is 0 Å². The molecule has 5 heteroatoms. The van der Waals surface area contributed by atoms with Crippen molar-refractivity contribution in [3.63, 3.8) is 0 Å². The molecule has 2 atom stereocenters. The number of hydrogen-bond acceptors (Lipinski definition) is 3. The molecule has 2 N–H and O–H groups in total. The van der Waals surface area contributed by atoms with E-state index in [1.807, 2.05) is 0 Å². The number of aliphatic hydroxyl groups excluding tert-OH is 1. The summed E-state index contributed by atoms with van der Waals surface area (Å²) in [6.45, 7) is 0.389. The van der Waals surface area contributed by atoms with Crippen LogP contribution >= 0.6 is 0 Å². The van der Waals surface area contributed by atoms with Crippen molar-refractivity contribution < 1.29 is 18.6 Å². The predicted molar refractivity (Wildman–Crippen MR) is 63.4 cm³/mol. The maximum absolute atomic E-state index is 13.7. The second-order valence-electron chi connectivity index (χ2n) is 4.57. The number of benzene rings is 1. The highest BCUT2D eigenvalue weighted by molar-refractivity contribution is 5.31. The highest BCUT2D eigenvalue weighted by Gasteiger charge is 2.29. The highest BCUT2D eigenvalue weighted by Crippen LogP contribution is 2.29. The Hall–Kier alpha value is -1.20. The van der Waals surface area contributed by atoms with Crippen molar-refractivity contribution in [1.82, 2.24) is 5.32 Å². The van der Waals surface area contributed by atoms with Crippen LogP contribution in [0, 0.1) is 11.6 Å². The van der Waals surface area contributed by atoms with E-state index in [1.54, 1.807) is 7.05 Å². The third kappa shape index (κ3) is 2.79. The Labute approximate surface area is 105 Å². The van der Waals surface area contributed by atoms with E-state index in [1.165, 1.54) is 12.1 Å². The summed E-state index contributed by atoms with van der Waals surface area (Å²) in [5, 5.41) is 12.4. The van der Waals surface area contributed by atoms with Gasteiger partial charge in [-0.1, -0.05) is 0 Å². The first-order valence-electron chi connectivity index (χ1n) is 6.09. The molecule has 1 fully saturated rings. The fraction of sp³-hybridized carbons (Fsp3) is 0.538. The first kappa shape index (κ1) is 13.2. The van der Waals surface area contributed by atoms with E-state index >= 15 is 0 Å². The number of hydrogen-bond donors (Lipinski definition) is 2. The Kier molecular flexibility index (Phi) is 4.14. The van der Waals surface area contributed by atoms with Gasteiger partial charge in [0.15, 0.2) is 17.4 Å². The molecule has 1 saturated carbocycles. The Morgan fingerprint density at radius 2 is 2.00 bits per heavy atom. The van der Waals surface area contributed by atoms with Crippen LogP contribution in [0.3, 0.4) is 0 Å². The van der Waals surface area contributed by atoms with Crippen LogP contribution in [0.1, 0.15) is 24.8 Å². The third-order valence-electron chi connectivity index (χ3n) is 3.13. The molecule has 0 heterocycles. The van der Waals surface area contributed by atoms with E-state index in [0.29, 0.717) is 24.9 Å². The molecule has 3 nitrogen and oxygen atoms in total. The molecule has 1 aliphatic rings. The predicted octanol–water partition coefficient (Wildman–Crippen LogP) is 1.98. The molecule has 0 aliphatic heterocycles. The molecule has 2 rings (SSSR count). The smallest absolute Gasteiger partial charge is 0.191 e. The molecule has 0 saturated heterocycles. The summed E-state index contributed by atoms with van der Waals surface area (Å²) in [6, 6.07) is 2.49. The minimum absolute atomic E-state index is 0.388. The van der Waals surface area contributed by atoms with Crippen LogP contribution in [-0.4, -0.2) is 24.4 Å². The van der Waals surface area contributed by atoms with Gasteiger partial charge in [-0.3, -0.25) is 0 Å². The summed E-state index contributed by atoms with van der Waals surface area (Å²) in [7, 11) is 1.70. The fourth-order valence-corrected chi connectivity index (χ4v) is 2.23. The van der Waals surface area contributed by atoms with E-state index in [4.69, 9.17) is 4.74 Å². The van der Waals surface area contributed by atoms with Crippen LogP contribution < -0.4 is 10.1 Å². The second-order valence-corrected chi connectivity index (χ2v) is 4.57. The monoisotopic (exact) mass is 257 g/mol. The van der Waals surface area contributed by atoms with Crippen LogP contribution in [0.15, 0.2) is 12.1 Å². The van der Waals surface area contributed by atoms with Crippen LogP contribution in [0.25, 0.3) is 0 Å². The van der Waals surface area contributed by atoms with Crippen LogP contribution in [0.2, 0.25) is 0 Å². The van der Waals surface area contributed by atoms with Gasteiger partial charge in [0.1, 0.15) is 6.10 Å². The Balaban J connectivity index is 2.17. The van der Waals surface area contributed by atoms with Gasteiger partial charge in [0.05, 0.1) is 6.10 Å². The molecule has 1 aromatic carbocycles. The Morgan fingerprint density at radius 3 is 2.50 bits per heavy atom. The topological polar surface area (TPSA) is 41.5 Å². The lowest BCUT2D eigenvalue weighted by atomic mass is 10.2. The number of halogens is 2. The average molecular weight is 257 g/mol. The number of rotatable bonds is 4. The van der Waals surface area contributed by atoms with Crippen molar-refractivity contribution in [3.05, 3.63) is 29.3 Å². The van der Waals surface area contributed by atoms with Crippen LogP contribution in [0.5, 0.6) is 5.75 Å². The van der Waals surface area contributed by atoms with Crippen molar-refractivity contribution in [1.29, 1.82) is 0 Å². The fourth-order valence-electron chi connectivity index (χ4n) is 2.23. The first-order chi connectivity index (χ1) is 8.61. The lowest BCUT2D eigenvalue weighted by molar-refractivity contribution is 0.0551. The minimum atomic E-state index is -0.723. The number of aliphatic hydroxyl groups is 1. The summed E-state index contributed by atoms with van der Waals surface area (Å²) in [4.78, 5) is 0.